The Morgan fingerprint density at radius 1 is 0.972 bits per heavy atom. The zero-order valence-corrected chi connectivity index (χ0v) is 19.1. The number of phenolic OH excluding ortho intramolecular Hbond substituents is 3. The minimum absolute atomic E-state index is 0.0306. The van der Waals surface area contributed by atoms with Gasteiger partial charge in [-0.15, -0.1) is 0 Å². The van der Waals surface area contributed by atoms with Crippen LogP contribution in [-0.2, 0) is 9.53 Å². The summed E-state index contributed by atoms with van der Waals surface area (Å²) in [6.07, 6.45) is 1.31. The lowest BCUT2D eigenvalue weighted by molar-refractivity contribution is -0.140. The first-order chi connectivity index (χ1) is 17.4. The van der Waals surface area contributed by atoms with E-state index in [1.165, 1.54) is 13.2 Å². The summed E-state index contributed by atoms with van der Waals surface area (Å²) in [7, 11) is 1.24. The lowest BCUT2D eigenvalue weighted by Gasteiger charge is -2.22. The number of aromatic nitrogens is 1. The number of ether oxygens (including phenoxy) is 1. The molecule has 2 heterocycles. The highest BCUT2D eigenvalue weighted by Gasteiger charge is 2.32. The quantitative estimate of drug-likeness (QED) is 0.240. The Balaban J connectivity index is 1.90. The highest BCUT2D eigenvalue weighted by atomic mass is 16.5. The zero-order chi connectivity index (χ0) is 25.4. The summed E-state index contributed by atoms with van der Waals surface area (Å²) < 4.78 is 11.0. The Hall–Kier alpha value is -4.85. The highest BCUT2D eigenvalue weighted by Crippen LogP contribution is 2.50. The van der Waals surface area contributed by atoms with Gasteiger partial charge in [0.15, 0.2) is 16.9 Å². The number of nitrogens with zero attached hydrogens (tertiary/aromatic N) is 1. The lowest BCUT2D eigenvalue weighted by atomic mass is 9.84. The van der Waals surface area contributed by atoms with E-state index in [0.29, 0.717) is 22.0 Å². The van der Waals surface area contributed by atoms with E-state index in [2.05, 4.69) is 4.98 Å². The summed E-state index contributed by atoms with van der Waals surface area (Å²) in [6, 6.07) is 19.0. The number of hydrogen-bond donors (Lipinski definition) is 3. The minimum Gasteiger partial charge on any atom is -0.504 e. The third-order valence-corrected chi connectivity index (χ3v) is 6.20. The van der Waals surface area contributed by atoms with Crippen molar-refractivity contribution in [2.24, 2.45) is 0 Å². The Morgan fingerprint density at radius 2 is 1.69 bits per heavy atom. The largest absolute Gasteiger partial charge is 0.504 e. The first-order valence-electron chi connectivity index (χ1n) is 11.1. The molecule has 8 heteroatoms. The fourth-order valence-corrected chi connectivity index (χ4v) is 4.48. The first-order valence-corrected chi connectivity index (χ1v) is 11.1. The van der Waals surface area contributed by atoms with Crippen LogP contribution in [0.25, 0.3) is 33.2 Å². The van der Waals surface area contributed by atoms with Gasteiger partial charge in [0, 0.05) is 34.7 Å². The molecule has 3 aromatic carbocycles. The summed E-state index contributed by atoms with van der Waals surface area (Å²) in [4.78, 5) is 30.0. The van der Waals surface area contributed by atoms with Gasteiger partial charge < -0.3 is 24.5 Å². The molecule has 0 radical (unpaired) electrons. The van der Waals surface area contributed by atoms with Crippen molar-refractivity contribution in [3.05, 3.63) is 94.3 Å². The van der Waals surface area contributed by atoms with Crippen LogP contribution in [0.1, 0.15) is 23.5 Å². The monoisotopic (exact) mass is 483 g/mol. The number of carbonyl (C=O) groups is 1. The molecule has 0 unspecified atom stereocenters. The van der Waals surface area contributed by atoms with E-state index in [4.69, 9.17) is 9.15 Å². The first kappa shape index (κ1) is 22.9. The molecule has 0 bridgehead atoms. The van der Waals surface area contributed by atoms with Crippen molar-refractivity contribution in [2.75, 3.05) is 7.11 Å². The van der Waals surface area contributed by atoms with E-state index >= 15 is 0 Å². The van der Waals surface area contributed by atoms with E-state index in [1.54, 1.807) is 42.6 Å². The number of para-hydroxylation sites is 1. The minimum atomic E-state index is -0.923. The van der Waals surface area contributed by atoms with Crippen molar-refractivity contribution < 1.29 is 29.3 Å². The van der Waals surface area contributed by atoms with Crippen molar-refractivity contribution in [1.29, 1.82) is 0 Å². The number of esters is 1. The van der Waals surface area contributed by atoms with Gasteiger partial charge >= 0.3 is 5.97 Å². The van der Waals surface area contributed by atoms with Gasteiger partial charge in [-0.2, -0.15) is 0 Å². The average Bonchev–Trinajstić information content (AvgIpc) is 2.91. The number of hydrogen-bond acceptors (Lipinski definition) is 8. The summed E-state index contributed by atoms with van der Waals surface area (Å²) in [6.45, 7) is 0. The Morgan fingerprint density at radius 3 is 2.44 bits per heavy atom. The predicted molar refractivity (Wildman–Crippen MR) is 133 cm³/mol. The molecule has 180 valence electrons. The van der Waals surface area contributed by atoms with Crippen molar-refractivity contribution in [1.82, 2.24) is 4.98 Å². The van der Waals surface area contributed by atoms with Crippen molar-refractivity contribution >= 4 is 27.8 Å². The standard InChI is InChI=1S/C28H21NO7/c1-35-22(31)13-18(16-11-12-29-19-10-6-5-9-17(16)19)23-25(32)27(34)26(33)24-20(30)14-21(36-28(23)24)15-7-3-2-4-8-15/h2-12,14,18,32-34H,13H2,1H3/t18-/m0/s1. The van der Waals surface area contributed by atoms with E-state index in [-0.39, 0.29) is 28.7 Å². The molecular formula is C28H21NO7. The van der Waals surface area contributed by atoms with Crippen LogP contribution in [0.15, 0.2) is 82.1 Å². The van der Waals surface area contributed by atoms with Gasteiger partial charge in [-0.1, -0.05) is 48.5 Å². The fourth-order valence-electron chi connectivity index (χ4n) is 4.48. The van der Waals surface area contributed by atoms with Crippen LogP contribution in [0, 0.1) is 0 Å². The number of aromatic hydroxyl groups is 3. The van der Waals surface area contributed by atoms with Crippen LogP contribution in [0.4, 0.5) is 0 Å². The van der Waals surface area contributed by atoms with E-state index in [9.17, 15) is 24.9 Å². The van der Waals surface area contributed by atoms with Gasteiger partial charge in [-0.05, 0) is 17.7 Å². The van der Waals surface area contributed by atoms with Crippen LogP contribution in [0.3, 0.4) is 0 Å². The van der Waals surface area contributed by atoms with Crippen molar-refractivity contribution in [3.63, 3.8) is 0 Å². The number of fused-ring (bicyclic) bond motifs is 2. The molecule has 0 spiro atoms. The van der Waals surface area contributed by atoms with Gasteiger partial charge in [-0.25, -0.2) is 0 Å². The van der Waals surface area contributed by atoms with Gasteiger partial charge in [0.05, 0.1) is 19.0 Å². The highest BCUT2D eigenvalue weighted by molar-refractivity contribution is 5.95. The van der Waals surface area contributed by atoms with Crippen molar-refractivity contribution in [3.8, 4) is 28.6 Å². The number of methoxy groups -OCH3 is 1. The maximum absolute atomic E-state index is 13.1. The Labute approximate surface area is 204 Å². The molecule has 0 aliphatic heterocycles. The van der Waals surface area contributed by atoms with Crippen molar-refractivity contribution in [2.45, 2.75) is 12.3 Å². The average molecular weight is 483 g/mol. The van der Waals surface area contributed by atoms with Crippen LogP contribution in [-0.4, -0.2) is 33.4 Å². The topological polar surface area (TPSA) is 130 Å². The summed E-state index contributed by atoms with van der Waals surface area (Å²) >= 11 is 0. The molecule has 3 N–H and O–H groups in total. The molecule has 5 aromatic rings. The molecule has 2 aromatic heterocycles. The van der Waals surface area contributed by atoms with E-state index < -0.39 is 34.6 Å². The van der Waals surface area contributed by atoms with Gasteiger partial charge in [0.25, 0.3) is 0 Å². The molecular weight excluding hydrogens is 462 g/mol. The van der Waals surface area contributed by atoms with Crippen LogP contribution in [0.5, 0.6) is 17.2 Å². The second-order valence-electron chi connectivity index (χ2n) is 8.25. The molecule has 0 fully saturated rings. The number of pyridine rings is 1. The predicted octanol–water partition coefficient (Wildman–Crippen LogP) is 4.82. The molecule has 8 nitrogen and oxygen atoms in total. The van der Waals surface area contributed by atoms with Gasteiger partial charge in [0.1, 0.15) is 16.7 Å². The molecule has 0 saturated carbocycles. The summed E-state index contributed by atoms with van der Waals surface area (Å²) in [5, 5.41) is 32.6. The third-order valence-electron chi connectivity index (χ3n) is 6.20. The summed E-state index contributed by atoms with van der Waals surface area (Å²) in [5.74, 6) is -3.73. The van der Waals surface area contributed by atoms with Gasteiger partial charge in [0.2, 0.25) is 5.75 Å². The Bertz CT molecular complexity index is 1670. The molecule has 0 amide bonds. The third kappa shape index (κ3) is 3.78. The zero-order valence-electron chi connectivity index (χ0n) is 19.1. The second kappa shape index (κ2) is 9.07. The molecule has 0 aliphatic carbocycles. The maximum Gasteiger partial charge on any atom is 0.306 e. The Kier molecular flexibility index (Phi) is 5.77. The molecule has 1 atom stereocenters. The van der Waals surface area contributed by atoms with Gasteiger partial charge in [-0.3, -0.25) is 14.6 Å². The molecule has 5 rings (SSSR count). The number of benzene rings is 3. The smallest absolute Gasteiger partial charge is 0.306 e. The van der Waals surface area contributed by atoms with Crippen LogP contribution >= 0.6 is 0 Å². The van der Waals surface area contributed by atoms with E-state index in [0.717, 1.165) is 0 Å². The summed E-state index contributed by atoms with van der Waals surface area (Å²) in [5.41, 5.74) is 1.01. The normalized spacial score (nSPS) is 12.0. The number of rotatable bonds is 5. The van der Waals surface area contributed by atoms with Crippen LogP contribution < -0.4 is 5.43 Å². The SMILES string of the molecule is COC(=O)C[C@@H](c1ccnc2ccccc12)c1c(O)c(O)c(O)c2c(=O)cc(-c3ccccc3)oc12. The van der Waals surface area contributed by atoms with Crippen LogP contribution in [0.2, 0.25) is 0 Å². The lowest BCUT2D eigenvalue weighted by Crippen LogP contribution is -2.13. The van der Waals surface area contributed by atoms with E-state index in [1.807, 2.05) is 24.3 Å². The number of carbonyl (C=O) groups excluding carboxylic acids is 1. The second-order valence-corrected chi connectivity index (χ2v) is 8.25. The molecule has 0 aliphatic rings. The number of phenols is 3. The molecule has 0 saturated heterocycles. The molecule has 36 heavy (non-hydrogen) atoms. The maximum atomic E-state index is 13.1. The fraction of sp³-hybridized carbons (Fsp3) is 0.107.